The Balaban J connectivity index is 2.01. The molecule has 1 heterocycles. The molecule has 1 amide bonds. The van der Waals surface area contributed by atoms with Gasteiger partial charge in [-0.2, -0.15) is 0 Å². The third-order valence-corrected chi connectivity index (χ3v) is 5.33. The van der Waals surface area contributed by atoms with Gasteiger partial charge in [0.1, 0.15) is 0 Å². The molecule has 2 aliphatic rings. The first kappa shape index (κ1) is 13.5. The molecule has 1 fully saturated rings. The Kier molecular flexibility index (Phi) is 3.77. The lowest BCUT2D eigenvalue weighted by Crippen LogP contribution is -2.50. The summed E-state index contributed by atoms with van der Waals surface area (Å²) in [5.41, 5.74) is 5.28. The van der Waals surface area contributed by atoms with Gasteiger partial charge < -0.3 is 11.1 Å². The quantitative estimate of drug-likeness (QED) is 0.774. The van der Waals surface area contributed by atoms with Gasteiger partial charge in [-0.1, -0.05) is 19.3 Å². The molecule has 0 saturated heterocycles. The summed E-state index contributed by atoms with van der Waals surface area (Å²) < 4.78 is 22.6. The molecule has 5 nitrogen and oxygen atoms in total. The van der Waals surface area contributed by atoms with Crippen LogP contribution in [-0.4, -0.2) is 32.7 Å². The molecule has 18 heavy (non-hydrogen) atoms. The summed E-state index contributed by atoms with van der Waals surface area (Å²) in [7, 11) is -3.12. The van der Waals surface area contributed by atoms with Gasteiger partial charge in [0.25, 0.3) is 0 Å². The van der Waals surface area contributed by atoms with E-state index in [4.69, 9.17) is 5.73 Å². The van der Waals surface area contributed by atoms with Crippen molar-refractivity contribution < 1.29 is 13.2 Å². The second kappa shape index (κ2) is 5.01. The van der Waals surface area contributed by atoms with Crippen molar-refractivity contribution in [2.45, 2.75) is 38.1 Å². The zero-order valence-electron chi connectivity index (χ0n) is 10.4. The topological polar surface area (TPSA) is 89.3 Å². The number of amides is 1. The van der Waals surface area contributed by atoms with Gasteiger partial charge in [0.2, 0.25) is 5.91 Å². The van der Waals surface area contributed by atoms with E-state index >= 15 is 0 Å². The first-order valence-corrected chi connectivity index (χ1v) is 8.11. The van der Waals surface area contributed by atoms with E-state index in [-0.39, 0.29) is 11.7 Å². The molecule has 1 atom stereocenters. The van der Waals surface area contributed by atoms with E-state index in [1.165, 1.54) is 5.41 Å². The fourth-order valence-electron chi connectivity index (χ4n) is 2.74. The molecule has 1 aliphatic carbocycles. The average molecular weight is 272 g/mol. The van der Waals surface area contributed by atoms with Gasteiger partial charge in [-0.15, -0.1) is 0 Å². The zero-order chi connectivity index (χ0) is 13.2. The zero-order valence-corrected chi connectivity index (χ0v) is 11.2. The van der Waals surface area contributed by atoms with E-state index in [9.17, 15) is 13.2 Å². The molecule has 6 heteroatoms. The molecule has 0 aromatic rings. The number of rotatable bonds is 3. The fourth-order valence-corrected chi connectivity index (χ4v) is 3.97. The molecule has 1 saturated carbocycles. The molecular formula is C12H20N2O3S. The van der Waals surface area contributed by atoms with Gasteiger partial charge in [-0.3, -0.25) is 4.79 Å². The Morgan fingerprint density at radius 2 is 2.00 bits per heavy atom. The Labute approximate surface area is 108 Å². The van der Waals surface area contributed by atoms with E-state index in [2.05, 4.69) is 5.32 Å². The Morgan fingerprint density at radius 3 is 2.50 bits per heavy atom. The molecule has 1 unspecified atom stereocenters. The van der Waals surface area contributed by atoms with Crippen molar-refractivity contribution in [3.05, 3.63) is 11.5 Å². The van der Waals surface area contributed by atoms with Crippen LogP contribution in [0.25, 0.3) is 0 Å². The SMILES string of the molecule is NCC1(C(=O)NC2C=CS(=O)(=O)C2)CCCCC1. The standard InChI is InChI=1S/C12H20N2O3S/c13-9-12(5-2-1-3-6-12)11(15)14-10-4-7-18(16,17)8-10/h4,7,10H,1-3,5-6,8-9,13H2,(H,14,15). The normalized spacial score (nSPS) is 29.1. The number of nitrogens with one attached hydrogen (secondary N) is 1. The average Bonchev–Trinajstić information content (AvgIpc) is 2.69. The lowest BCUT2D eigenvalue weighted by molar-refractivity contribution is -0.132. The van der Waals surface area contributed by atoms with Gasteiger partial charge in [-0.05, 0) is 18.9 Å². The summed E-state index contributed by atoms with van der Waals surface area (Å²) in [6.45, 7) is 0.335. The smallest absolute Gasteiger partial charge is 0.227 e. The molecule has 0 spiro atoms. The predicted octanol–water partition coefficient (Wildman–Crippen LogP) is 0.322. The van der Waals surface area contributed by atoms with E-state index in [0.717, 1.165) is 32.1 Å². The molecule has 0 radical (unpaired) electrons. The maximum atomic E-state index is 12.3. The Morgan fingerprint density at radius 1 is 1.33 bits per heavy atom. The number of carbonyl (C=O) groups excluding carboxylic acids is 1. The van der Waals surface area contributed by atoms with E-state index in [1.54, 1.807) is 6.08 Å². The minimum Gasteiger partial charge on any atom is -0.348 e. The van der Waals surface area contributed by atoms with Gasteiger partial charge in [0.15, 0.2) is 9.84 Å². The summed E-state index contributed by atoms with van der Waals surface area (Å²) in [5, 5.41) is 3.99. The van der Waals surface area contributed by atoms with E-state index < -0.39 is 21.3 Å². The van der Waals surface area contributed by atoms with Crippen molar-refractivity contribution in [3.8, 4) is 0 Å². The third kappa shape index (κ3) is 2.75. The van der Waals surface area contributed by atoms with Crippen molar-refractivity contribution in [2.75, 3.05) is 12.3 Å². The maximum absolute atomic E-state index is 12.3. The number of hydrogen-bond acceptors (Lipinski definition) is 4. The van der Waals surface area contributed by atoms with Crippen LogP contribution in [0.1, 0.15) is 32.1 Å². The van der Waals surface area contributed by atoms with E-state index in [1.807, 2.05) is 0 Å². The summed E-state index contributed by atoms with van der Waals surface area (Å²) in [5.74, 6) is -0.115. The van der Waals surface area contributed by atoms with Crippen molar-refractivity contribution in [3.63, 3.8) is 0 Å². The van der Waals surface area contributed by atoms with Crippen molar-refractivity contribution in [2.24, 2.45) is 11.1 Å². The molecule has 3 N–H and O–H groups in total. The van der Waals surface area contributed by atoms with Gasteiger partial charge in [-0.25, -0.2) is 8.42 Å². The monoisotopic (exact) mass is 272 g/mol. The van der Waals surface area contributed by atoms with Crippen LogP contribution < -0.4 is 11.1 Å². The summed E-state index contributed by atoms with van der Waals surface area (Å²) in [6.07, 6.45) is 6.33. The van der Waals surface area contributed by atoms with Crippen LogP contribution in [-0.2, 0) is 14.6 Å². The fraction of sp³-hybridized carbons (Fsp3) is 0.750. The number of sulfone groups is 1. The first-order valence-electron chi connectivity index (χ1n) is 6.39. The highest BCUT2D eigenvalue weighted by atomic mass is 32.2. The Hall–Kier alpha value is -0.880. The summed E-state index contributed by atoms with van der Waals surface area (Å²) >= 11 is 0. The predicted molar refractivity (Wildman–Crippen MR) is 69.4 cm³/mol. The van der Waals surface area contributed by atoms with Crippen molar-refractivity contribution >= 4 is 15.7 Å². The van der Waals surface area contributed by atoms with Crippen molar-refractivity contribution in [1.29, 1.82) is 0 Å². The second-order valence-corrected chi connectivity index (χ2v) is 7.21. The highest BCUT2D eigenvalue weighted by Crippen LogP contribution is 2.35. The Bertz CT molecular complexity index is 450. The lowest BCUT2D eigenvalue weighted by atomic mass is 9.73. The second-order valence-electron chi connectivity index (χ2n) is 5.28. The largest absolute Gasteiger partial charge is 0.348 e. The molecule has 0 bridgehead atoms. The van der Waals surface area contributed by atoms with E-state index in [0.29, 0.717) is 6.54 Å². The van der Waals surface area contributed by atoms with Gasteiger partial charge in [0, 0.05) is 12.0 Å². The van der Waals surface area contributed by atoms with Crippen molar-refractivity contribution in [1.82, 2.24) is 5.32 Å². The number of nitrogens with two attached hydrogens (primary N) is 1. The molecule has 2 rings (SSSR count). The summed E-state index contributed by atoms with van der Waals surface area (Å²) in [4.78, 5) is 12.3. The highest BCUT2D eigenvalue weighted by molar-refractivity contribution is 7.94. The molecule has 1 aliphatic heterocycles. The van der Waals surface area contributed by atoms with Crippen LogP contribution >= 0.6 is 0 Å². The highest BCUT2D eigenvalue weighted by Gasteiger charge is 2.39. The maximum Gasteiger partial charge on any atom is 0.227 e. The van der Waals surface area contributed by atoms with Crippen LogP contribution in [0.5, 0.6) is 0 Å². The number of carbonyl (C=O) groups is 1. The molecule has 0 aromatic carbocycles. The van der Waals surface area contributed by atoms with Crippen LogP contribution in [0.3, 0.4) is 0 Å². The van der Waals surface area contributed by atoms with Crippen LogP contribution in [0.4, 0.5) is 0 Å². The van der Waals surface area contributed by atoms with Crippen LogP contribution in [0, 0.1) is 5.41 Å². The van der Waals surface area contributed by atoms with Crippen LogP contribution in [0.2, 0.25) is 0 Å². The summed E-state index contributed by atoms with van der Waals surface area (Å²) in [6, 6.07) is -0.396. The minimum atomic E-state index is -3.12. The first-order chi connectivity index (χ1) is 8.47. The molecular weight excluding hydrogens is 252 g/mol. The van der Waals surface area contributed by atoms with Gasteiger partial charge in [0.05, 0.1) is 17.2 Å². The lowest BCUT2D eigenvalue weighted by Gasteiger charge is -2.35. The third-order valence-electron chi connectivity index (χ3n) is 3.93. The number of hydrogen-bond donors (Lipinski definition) is 2. The molecule has 102 valence electrons. The minimum absolute atomic E-state index is 0.0284. The molecule has 0 aromatic heterocycles. The van der Waals surface area contributed by atoms with Gasteiger partial charge >= 0.3 is 0 Å². The van der Waals surface area contributed by atoms with Crippen LogP contribution in [0.15, 0.2) is 11.5 Å².